The molecule has 1 unspecified atom stereocenters. The van der Waals surface area contributed by atoms with Gasteiger partial charge in [-0.05, 0) is 18.1 Å². The van der Waals surface area contributed by atoms with E-state index in [0.29, 0.717) is 6.61 Å². The zero-order chi connectivity index (χ0) is 10.7. The van der Waals surface area contributed by atoms with Crippen LogP contribution < -0.4 is 10.1 Å². The Labute approximate surface area is 88.2 Å². The van der Waals surface area contributed by atoms with Crippen molar-refractivity contribution in [3.63, 3.8) is 0 Å². The van der Waals surface area contributed by atoms with E-state index < -0.39 is 0 Å². The molecule has 1 N–H and O–H groups in total. The molecule has 15 heavy (non-hydrogen) atoms. The van der Waals surface area contributed by atoms with E-state index in [4.69, 9.17) is 9.47 Å². The Hall–Kier alpha value is -1.71. The van der Waals surface area contributed by atoms with Gasteiger partial charge >= 0.3 is 6.09 Å². The van der Waals surface area contributed by atoms with E-state index in [1.807, 2.05) is 24.3 Å². The second-order valence-electron chi connectivity index (χ2n) is 3.46. The molecule has 0 aliphatic carbocycles. The van der Waals surface area contributed by atoms with Crippen LogP contribution in [0.3, 0.4) is 0 Å². The third-order valence-electron chi connectivity index (χ3n) is 2.40. The van der Waals surface area contributed by atoms with Crippen LogP contribution >= 0.6 is 0 Å². The Kier molecular flexibility index (Phi) is 2.76. The number of ether oxygens (including phenoxy) is 2. The number of para-hydroxylation sites is 1. The molecule has 1 amide bonds. The van der Waals surface area contributed by atoms with Gasteiger partial charge in [-0.1, -0.05) is 18.2 Å². The van der Waals surface area contributed by atoms with E-state index in [2.05, 4.69) is 5.32 Å². The van der Waals surface area contributed by atoms with E-state index in [1.165, 1.54) is 0 Å². The molecule has 80 valence electrons. The molecular formula is C11H13NO3. The van der Waals surface area contributed by atoms with Gasteiger partial charge in [-0.15, -0.1) is 0 Å². The zero-order valence-corrected chi connectivity index (χ0v) is 8.53. The molecule has 2 rings (SSSR count). The Morgan fingerprint density at radius 1 is 1.53 bits per heavy atom. The number of rotatable bonds is 3. The number of nitrogens with one attached hydrogen (secondary N) is 1. The molecule has 0 radical (unpaired) electrons. The lowest BCUT2D eigenvalue weighted by atomic mass is 10.1. The number of hydrogen-bond acceptors (Lipinski definition) is 3. The van der Waals surface area contributed by atoms with Gasteiger partial charge in [0.15, 0.2) is 0 Å². The van der Waals surface area contributed by atoms with Crippen LogP contribution in [0.2, 0.25) is 0 Å². The standard InChI is InChI=1S/C11H13NO3/c1-14-10-5-3-2-4-8(10)6-9-7-15-11(13)12-9/h2-5,9H,6-7H2,1H3,(H,12,13). The Morgan fingerprint density at radius 3 is 3.00 bits per heavy atom. The van der Waals surface area contributed by atoms with Crippen LogP contribution in [-0.2, 0) is 11.2 Å². The first-order valence-electron chi connectivity index (χ1n) is 4.85. The minimum absolute atomic E-state index is 0.0498. The number of cyclic esters (lactones) is 1. The maximum atomic E-state index is 10.8. The average molecular weight is 207 g/mol. The summed E-state index contributed by atoms with van der Waals surface area (Å²) in [5, 5.41) is 2.74. The summed E-state index contributed by atoms with van der Waals surface area (Å²) < 4.78 is 10.0. The molecule has 0 bridgehead atoms. The number of carbonyl (C=O) groups is 1. The monoisotopic (exact) mass is 207 g/mol. The van der Waals surface area contributed by atoms with Gasteiger partial charge in [0, 0.05) is 0 Å². The summed E-state index contributed by atoms with van der Waals surface area (Å²) in [7, 11) is 1.64. The predicted octanol–water partition coefficient (Wildman–Crippen LogP) is 1.35. The van der Waals surface area contributed by atoms with Gasteiger partial charge in [0.1, 0.15) is 12.4 Å². The number of amides is 1. The number of benzene rings is 1. The Bertz CT molecular complexity index is 365. The van der Waals surface area contributed by atoms with E-state index >= 15 is 0 Å². The molecule has 4 nitrogen and oxygen atoms in total. The third kappa shape index (κ3) is 2.21. The molecule has 4 heteroatoms. The fraction of sp³-hybridized carbons (Fsp3) is 0.364. The number of methoxy groups -OCH3 is 1. The summed E-state index contributed by atoms with van der Waals surface area (Å²) in [4.78, 5) is 10.8. The summed E-state index contributed by atoms with van der Waals surface area (Å²) in [5.41, 5.74) is 1.08. The van der Waals surface area contributed by atoms with Gasteiger partial charge in [0.25, 0.3) is 0 Å². The minimum Gasteiger partial charge on any atom is -0.496 e. The summed E-state index contributed by atoms with van der Waals surface area (Å²) in [5.74, 6) is 0.846. The topological polar surface area (TPSA) is 47.6 Å². The molecule has 0 aromatic heterocycles. The molecule has 0 spiro atoms. The molecule has 1 aliphatic rings. The average Bonchev–Trinajstić information content (AvgIpc) is 2.65. The lowest BCUT2D eigenvalue weighted by Crippen LogP contribution is -2.28. The summed E-state index contributed by atoms with van der Waals surface area (Å²) in [6.45, 7) is 0.427. The summed E-state index contributed by atoms with van der Waals surface area (Å²) >= 11 is 0. The number of alkyl carbamates (subject to hydrolysis) is 1. The van der Waals surface area contributed by atoms with Crippen molar-refractivity contribution in [1.82, 2.24) is 5.32 Å². The van der Waals surface area contributed by atoms with Gasteiger partial charge in [-0.2, -0.15) is 0 Å². The van der Waals surface area contributed by atoms with Crippen molar-refractivity contribution in [2.45, 2.75) is 12.5 Å². The van der Waals surface area contributed by atoms with E-state index in [-0.39, 0.29) is 12.1 Å². The van der Waals surface area contributed by atoms with E-state index in [1.54, 1.807) is 7.11 Å². The van der Waals surface area contributed by atoms with Crippen molar-refractivity contribution in [3.8, 4) is 5.75 Å². The second-order valence-corrected chi connectivity index (χ2v) is 3.46. The number of hydrogen-bond donors (Lipinski definition) is 1. The van der Waals surface area contributed by atoms with E-state index in [0.717, 1.165) is 17.7 Å². The smallest absolute Gasteiger partial charge is 0.407 e. The lowest BCUT2D eigenvalue weighted by Gasteiger charge is -2.10. The zero-order valence-electron chi connectivity index (χ0n) is 8.53. The molecule has 1 saturated heterocycles. The predicted molar refractivity (Wildman–Crippen MR) is 55.0 cm³/mol. The highest BCUT2D eigenvalue weighted by atomic mass is 16.6. The van der Waals surface area contributed by atoms with Crippen LogP contribution in [0.4, 0.5) is 4.79 Å². The fourth-order valence-corrected chi connectivity index (χ4v) is 1.67. The van der Waals surface area contributed by atoms with Crippen LogP contribution in [0.25, 0.3) is 0 Å². The van der Waals surface area contributed by atoms with Gasteiger partial charge < -0.3 is 14.8 Å². The highest BCUT2D eigenvalue weighted by Crippen LogP contribution is 2.19. The summed E-state index contributed by atoms with van der Waals surface area (Å²) in [6, 6.07) is 7.83. The van der Waals surface area contributed by atoms with Crippen molar-refractivity contribution >= 4 is 6.09 Å². The normalized spacial score (nSPS) is 19.5. The van der Waals surface area contributed by atoms with Crippen molar-refractivity contribution in [1.29, 1.82) is 0 Å². The largest absolute Gasteiger partial charge is 0.496 e. The summed E-state index contributed by atoms with van der Waals surface area (Å²) in [6.07, 6.45) is 0.394. The minimum atomic E-state index is -0.338. The molecule has 1 aliphatic heterocycles. The molecule has 1 fully saturated rings. The first-order valence-corrected chi connectivity index (χ1v) is 4.85. The second kappa shape index (κ2) is 4.21. The highest BCUT2D eigenvalue weighted by Gasteiger charge is 2.23. The molecule has 1 heterocycles. The van der Waals surface area contributed by atoms with Gasteiger partial charge in [0.05, 0.1) is 13.2 Å². The van der Waals surface area contributed by atoms with Crippen LogP contribution in [0.15, 0.2) is 24.3 Å². The quantitative estimate of drug-likeness (QED) is 0.813. The van der Waals surface area contributed by atoms with Gasteiger partial charge in [0.2, 0.25) is 0 Å². The third-order valence-corrected chi connectivity index (χ3v) is 2.40. The molecule has 0 saturated carbocycles. The maximum Gasteiger partial charge on any atom is 0.407 e. The van der Waals surface area contributed by atoms with Crippen molar-refractivity contribution in [2.75, 3.05) is 13.7 Å². The Balaban J connectivity index is 2.07. The molecule has 1 atom stereocenters. The molecular weight excluding hydrogens is 194 g/mol. The first kappa shape index (κ1) is 9.83. The van der Waals surface area contributed by atoms with Crippen molar-refractivity contribution in [3.05, 3.63) is 29.8 Å². The molecule has 1 aromatic carbocycles. The van der Waals surface area contributed by atoms with E-state index in [9.17, 15) is 4.79 Å². The molecule has 1 aromatic rings. The van der Waals surface area contributed by atoms with Crippen LogP contribution in [0.5, 0.6) is 5.75 Å². The van der Waals surface area contributed by atoms with Crippen molar-refractivity contribution < 1.29 is 14.3 Å². The van der Waals surface area contributed by atoms with Crippen molar-refractivity contribution in [2.24, 2.45) is 0 Å². The number of carbonyl (C=O) groups excluding carboxylic acids is 1. The van der Waals surface area contributed by atoms with Crippen LogP contribution in [-0.4, -0.2) is 25.9 Å². The highest BCUT2D eigenvalue weighted by molar-refractivity contribution is 5.69. The maximum absolute atomic E-state index is 10.8. The van der Waals surface area contributed by atoms with Crippen LogP contribution in [0.1, 0.15) is 5.56 Å². The fourth-order valence-electron chi connectivity index (χ4n) is 1.67. The van der Waals surface area contributed by atoms with Gasteiger partial charge in [-0.25, -0.2) is 4.79 Å². The SMILES string of the molecule is COc1ccccc1CC1COC(=O)N1. The Morgan fingerprint density at radius 2 is 2.33 bits per heavy atom. The van der Waals surface area contributed by atoms with Gasteiger partial charge in [-0.3, -0.25) is 0 Å². The lowest BCUT2D eigenvalue weighted by molar-refractivity contribution is 0.177. The van der Waals surface area contributed by atoms with Crippen LogP contribution in [0, 0.1) is 0 Å². The first-order chi connectivity index (χ1) is 7.29.